The summed E-state index contributed by atoms with van der Waals surface area (Å²) in [4.78, 5) is 32.6. The van der Waals surface area contributed by atoms with Crippen LogP contribution in [0.3, 0.4) is 0 Å². The van der Waals surface area contributed by atoms with E-state index in [0.717, 1.165) is 13.1 Å². The Morgan fingerprint density at radius 3 is 2.31 bits per heavy atom. The summed E-state index contributed by atoms with van der Waals surface area (Å²) in [7, 11) is 0. The molecule has 0 spiro atoms. The van der Waals surface area contributed by atoms with Gasteiger partial charge in [-0.15, -0.1) is 0 Å². The number of nitrogens with zero attached hydrogens (tertiary/aromatic N) is 2. The van der Waals surface area contributed by atoms with E-state index in [0.29, 0.717) is 29.2 Å². The normalized spacial score (nSPS) is 18.6. The Kier molecular flexibility index (Phi) is 6.67. The maximum absolute atomic E-state index is 13.2. The van der Waals surface area contributed by atoms with Gasteiger partial charge < -0.3 is 14.9 Å². The molecule has 2 heterocycles. The summed E-state index contributed by atoms with van der Waals surface area (Å²) in [6.07, 6.45) is 3.20. The molecule has 1 fully saturated rings. The molecule has 0 bridgehead atoms. The number of halogens is 1. The Balaban J connectivity index is 2.06. The molecule has 1 N–H and O–H groups in total. The molecule has 2 aromatic rings. The molecule has 1 aromatic carbocycles. The molecule has 3 rings (SSSR count). The fourth-order valence-corrected chi connectivity index (χ4v) is 3.76. The van der Waals surface area contributed by atoms with E-state index in [2.05, 4.69) is 18.8 Å². The van der Waals surface area contributed by atoms with Gasteiger partial charge >= 0.3 is 0 Å². The highest BCUT2D eigenvalue weighted by Gasteiger charge is 2.44. The van der Waals surface area contributed by atoms with Crippen molar-refractivity contribution in [2.24, 2.45) is 0 Å². The van der Waals surface area contributed by atoms with Crippen molar-refractivity contribution >= 4 is 29.1 Å². The molecule has 6 nitrogen and oxygen atoms in total. The number of amides is 1. The molecule has 1 aromatic heterocycles. The van der Waals surface area contributed by atoms with Crippen LogP contribution >= 0.6 is 11.6 Å². The first-order chi connectivity index (χ1) is 14.0. The summed E-state index contributed by atoms with van der Waals surface area (Å²) < 4.78 is 0. The zero-order valence-corrected chi connectivity index (χ0v) is 17.3. The number of ketones is 1. The lowest BCUT2D eigenvalue weighted by Gasteiger charge is -2.28. The number of carbonyl (C=O) groups excluding carboxylic acids is 2. The third-order valence-corrected chi connectivity index (χ3v) is 5.62. The first kappa shape index (κ1) is 21.0. The second-order valence-electron chi connectivity index (χ2n) is 6.97. The van der Waals surface area contributed by atoms with Crippen LogP contribution in [-0.4, -0.2) is 47.8 Å². The Bertz CT molecular complexity index is 909. The van der Waals surface area contributed by atoms with Crippen LogP contribution in [0.1, 0.15) is 31.0 Å². The van der Waals surface area contributed by atoms with Crippen LogP contribution in [0.4, 0.5) is 0 Å². The summed E-state index contributed by atoms with van der Waals surface area (Å²) in [6.45, 7) is 7.11. The van der Waals surface area contributed by atoms with Crippen molar-refractivity contribution in [3.05, 3.63) is 70.5 Å². The Hall–Kier alpha value is -2.70. The number of Topliss-reactive ketones (excluding diaryl/α,β-unsaturated/α-hetero) is 1. The number of benzene rings is 1. The number of likely N-dealkylation sites (N-methyl/N-ethyl adjacent to an activating group) is 1. The van der Waals surface area contributed by atoms with Gasteiger partial charge in [0.1, 0.15) is 0 Å². The third-order valence-electron chi connectivity index (χ3n) is 5.36. The molecule has 0 saturated carbocycles. The van der Waals surface area contributed by atoms with E-state index in [4.69, 9.17) is 11.6 Å². The van der Waals surface area contributed by atoms with Gasteiger partial charge in [0.15, 0.2) is 0 Å². The molecule has 1 saturated heterocycles. The van der Waals surface area contributed by atoms with Gasteiger partial charge in [-0.1, -0.05) is 29.5 Å². The molecule has 29 heavy (non-hydrogen) atoms. The van der Waals surface area contributed by atoms with Crippen molar-refractivity contribution in [1.82, 2.24) is 9.88 Å². The molecule has 0 radical (unpaired) electrons. The van der Waals surface area contributed by atoms with Gasteiger partial charge in [-0.05, 0) is 49.2 Å². The molecule has 0 aliphatic carbocycles. The van der Waals surface area contributed by atoms with Gasteiger partial charge in [0, 0.05) is 23.0 Å². The van der Waals surface area contributed by atoms with Crippen molar-refractivity contribution in [3.8, 4) is 0 Å². The maximum atomic E-state index is 13.2. The Morgan fingerprint density at radius 1 is 1.10 bits per heavy atom. The topological polar surface area (TPSA) is 77.8 Å². The highest BCUT2D eigenvalue weighted by molar-refractivity contribution is 6.46. The van der Waals surface area contributed by atoms with E-state index in [1.165, 1.54) is 9.80 Å². The van der Waals surface area contributed by atoms with E-state index in [1.807, 2.05) is 0 Å². The lowest BCUT2D eigenvalue weighted by atomic mass is 9.96. The van der Waals surface area contributed by atoms with Crippen molar-refractivity contribution in [3.63, 3.8) is 0 Å². The van der Waals surface area contributed by atoms with E-state index < -0.39 is 23.5 Å². The van der Waals surface area contributed by atoms with Crippen molar-refractivity contribution < 1.29 is 19.6 Å². The predicted molar refractivity (Wildman–Crippen MR) is 109 cm³/mol. The monoisotopic (exact) mass is 413 g/mol. The highest BCUT2D eigenvalue weighted by atomic mass is 35.5. The first-order valence-corrected chi connectivity index (χ1v) is 10.1. The van der Waals surface area contributed by atoms with Gasteiger partial charge in [-0.2, -0.15) is 0 Å². The van der Waals surface area contributed by atoms with Gasteiger partial charge in [0.25, 0.3) is 5.91 Å². The van der Waals surface area contributed by atoms with E-state index >= 15 is 0 Å². The van der Waals surface area contributed by atoms with Crippen LogP contribution in [0, 0.1) is 0 Å². The second-order valence-corrected chi connectivity index (χ2v) is 7.40. The van der Waals surface area contributed by atoms with E-state index in [1.54, 1.807) is 48.8 Å². The van der Waals surface area contributed by atoms with Gasteiger partial charge in [-0.3, -0.25) is 14.6 Å². The summed E-state index contributed by atoms with van der Waals surface area (Å²) >= 11 is 5.92. The molecule has 1 unspecified atom stereocenters. The molecule has 1 atom stereocenters. The summed E-state index contributed by atoms with van der Waals surface area (Å²) in [6, 6.07) is 9.10. The number of carbonyl (C=O) groups is 2. The molecule has 1 aliphatic heterocycles. The fourth-order valence-electron chi connectivity index (χ4n) is 3.63. The minimum atomic E-state index is -0.735. The van der Waals surface area contributed by atoms with Crippen LogP contribution in [0.15, 0.2) is 54.4 Å². The Labute approximate surface area is 175 Å². The van der Waals surface area contributed by atoms with Crippen LogP contribution in [0.2, 0.25) is 5.02 Å². The molecule has 1 amide bonds. The molecule has 152 valence electrons. The number of rotatable bonds is 7. The summed E-state index contributed by atoms with van der Waals surface area (Å²) in [5.41, 5.74) is 1.02. The van der Waals surface area contributed by atoms with Gasteiger partial charge in [0.2, 0.25) is 5.78 Å². The predicted octanol–water partition coefficient (Wildman–Crippen LogP) is 0.884. The van der Waals surface area contributed by atoms with E-state index in [-0.39, 0.29) is 5.57 Å². The molecular formula is C22H24ClN3O3. The van der Waals surface area contributed by atoms with Gasteiger partial charge in [-0.25, -0.2) is 0 Å². The number of hydrogen-bond acceptors (Lipinski definition) is 4. The largest absolute Gasteiger partial charge is 0.872 e. The average Bonchev–Trinajstić information content (AvgIpc) is 3.00. The highest BCUT2D eigenvalue weighted by Crippen LogP contribution is 2.38. The standard InChI is InChI=1S/C22H24ClN3O3/c1-3-25(4-2)13-14-26-19(15-9-11-24-12-10-15)18(21(28)22(26)29)20(27)16-5-7-17(23)8-6-16/h5-12,19,27H,3-4,13-14H2,1-2H3/b20-18+. The number of hydrogen-bond donors (Lipinski definition) is 1. The smallest absolute Gasteiger partial charge is 0.295 e. The van der Waals surface area contributed by atoms with Crippen molar-refractivity contribution in [2.75, 3.05) is 26.2 Å². The quantitative estimate of drug-likeness (QED) is 0.415. The number of quaternary nitrogens is 1. The van der Waals surface area contributed by atoms with Crippen molar-refractivity contribution in [2.45, 2.75) is 19.9 Å². The van der Waals surface area contributed by atoms with Crippen LogP contribution in [-0.2, 0) is 9.59 Å². The lowest BCUT2D eigenvalue weighted by Crippen LogP contribution is -3.12. The minimum Gasteiger partial charge on any atom is -0.872 e. The van der Waals surface area contributed by atoms with Gasteiger partial charge in [0.05, 0.1) is 32.2 Å². The number of aromatic nitrogens is 1. The molecule has 1 aliphatic rings. The second kappa shape index (κ2) is 9.20. The van der Waals surface area contributed by atoms with E-state index in [9.17, 15) is 14.7 Å². The van der Waals surface area contributed by atoms with Crippen LogP contribution < -0.4 is 10.0 Å². The zero-order valence-electron chi connectivity index (χ0n) is 16.5. The Morgan fingerprint density at radius 2 is 1.72 bits per heavy atom. The zero-order chi connectivity index (χ0) is 21.0. The maximum Gasteiger partial charge on any atom is 0.295 e. The summed E-state index contributed by atoms with van der Waals surface area (Å²) in [5, 5.41) is 13.7. The first-order valence-electron chi connectivity index (χ1n) is 9.73. The number of likely N-dealkylation sites (tertiary alicyclic amines) is 1. The molecular weight excluding hydrogens is 390 g/mol. The number of nitrogens with one attached hydrogen (secondary N) is 1. The average molecular weight is 414 g/mol. The summed E-state index contributed by atoms with van der Waals surface area (Å²) in [5.74, 6) is -1.81. The van der Waals surface area contributed by atoms with Crippen molar-refractivity contribution in [1.29, 1.82) is 0 Å². The lowest BCUT2D eigenvalue weighted by molar-refractivity contribution is -0.895. The molecule has 7 heteroatoms. The fraction of sp³-hybridized carbons (Fsp3) is 0.318. The third kappa shape index (κ3) is 4.33. The SMILES string of the molecule is CC[NH+](CC)CCN1C(=O)C(=O)/C(=C(/[O-])c2ccc(Cl)cc2)C1c1ccncc1. The van der Waals surface area contributed by atoms with Crippen LogP contribution in [0.5, 0.6) is 0 Å². The van der Waals surface area contributed by atoms with Crippen LogP contribution in [0.25, 0.3) is 5.76 Å². The number of pyridine rings is 1. The minimum absolute atomic E-state index is 0.0157.